The van der Waals surface area contributed by atoms with E-state index < -0.39 is 0 Å². The molecule has 0 fully saturated rings. The lowest BCUT2D eigenvalue weighted by molar-refractivity contribution is 0.310. The highest BCUT2D eigenvalue weighted by atomic mass is 35.5. The highest BCUT2D eigenvalue weighted by molar-refractivity contribution is 6.31. The molecule has 0 amide bonds. The van der Waals surface area contributed by atoms with E-state index in [1.807, 2.05) is 16.7 Å². The van der Waals surface area contributed by atoms with Crippen molar-refractivity contribution in [3.63, 3.8) is 0 Å². The van der Waals surface area contributed by atoms with Gasteiger partial charge in [-0.1, -0.05) is 11.6 Å². The van der Waals surface area contributed by atoms with Crippen molar-refractivity contribution in [2.24, 2.45) is 0 Å². The van der Waals surface area contributed by atoms with Gasteiger partial charge in [0.15, 0.2) is 17.3 Å². The molecule has 7 heteroatoms. The number of hydrogen-bond donors (Lipinski definition) is 1. The van der Waals surface area contributed by atoms with E-state index in [-0.39, 0.29) is 11.9 Å². The second kappa shape index (κ2) is 4.24. The average Bonchev–Trinajstić information content (AvgIpc) is 2.91. The zero-order valence-corrected chi connectivity index (χ0v) is 11.2. The van der Waals surface area contributed by atoms with E-state index in [0.29, 0.717) is 16.5 Å². The molecule has 0 bridgehead atoms. The number of benzene rings is 1. The third kappa shape index (κ3) is 1.84. The summed E-state index contributed by atoms with van der Waals surface area (Å²) in [5.41, 5.74) is 7.95. The first-order valence-corrected chi connectivity index (χ1v) is 6.21. The summed E-state index contributed by atoms with van der Waals surface area (Å²) < 4.78 is 6.66. The first kappa shape index (κ1) is 12.0. The highest BCUT2D eigenvalue weighted by Gasteiger charge is 2.20. The number of nitrogen functional groups attached to an aromatic ring is 1. The van der Waals surface area contributed by atoms with Crippen LogP contribution in [0.25, 0.3) is 22.6 Å². The lowest BCUT2D eigenvalue weighted by Crippen LogP contribution is -2.04. The number of nitrogens with zero attached hydrogens (tertiary/aromatic N) is 4. The van der Waals surface area contributed by atoms with Gasteiger partial charge in [-0.3, -0.25) is 0 Å². The molecule has 98 valence electrons. The van der Waals surface area contributed by atoms with Gasteiger partial charge in [-0.05, 0) is 42.4 Å². The van der Waals surface area contributed by atoms with Crippen molar-refractivity contribution in [3.05, 3.63) is 23.2 Å². The van der Waals surface area contributed by atoms with Gasteiger partial charge in [0.2, 0.25) is 0 Å². The molecule has 0 saturated heterocycles. The largest absolute Gasteiger partial charge is 0.379 e. The van der Waals surface area contributed by atoms with Gasteiger partial charge in [-0.15, -0.1) is 0 Å². The molecule has 3 rings (SSSR count). The van der Waals surface area contributed by atoms with Crippen LogP contribution in [0.15, 0.2) is 22.8 Å². The SMILES string of the molecule is CC(C)n1c(-c2nonc2N)nc2ccc(Cl)cc21. The Labute approximate surface area is 114 Å². The van der Waals surface area contributed by atoms with Gasteiger partial charge in [0.25, 0.3) is 0 Å². The van der Waals surface area contributed by atoms with Crippen LogP contribution >= 0.6 is 11.6 Å². The van der Waals surface area contributed by atoms with Crippen molar-refractivity contribution in [3.8, 4) is 11.5 Å². The monoisotopic (exact) mass is 277 g/mol. The molecule has 1 aromatic carbocycles. The van der Waals surface area contributed by atoms with Gasteiger partial charge in [-0.25, -0.2) is 9.61 Å². The third-order valence-corrected chi connectivity index (χ3v) is 3.13. The maximum atomic E-state index is 6.05. The summed E-state index contributed by atoms with van der Waals surface area (Å²) in [5, 5.41) is 8.07. The Morgan fingerprint density at radius 3 is 2.74 bits per heavy atom. The molecular formula is C12H12ClN5O. The van der Waals surface area contributed by atoms with Gasteiger partial charge in [0, 0.05) is 11.1 Å². The van der Waals surface area contributed by atoms with E-state index in [1.54, 1.807) is 6.07 Å². The van der Waals surface area contributed by atoms with Gasteiger partial charge in [0.05, 0.1) is 11.0 Å². The zero-order chi connectivity index (χ0) is 13.6. The quantitative estimate of drug-likeness (QED) is 0.779. The van der Waals surface area contributed by atoms with Crippen LogP contribution in [0.4, 0.5) is 5.82 Å². The molecule has 19 heavy (non-hydrogen) atoms. The summed E-state index contributed by atoms with van der Waals surface area (Å²) in [6.45, 7) is 4.10. The molecule has 0 atom stereocenters. The summed E-state index contributed by atoms with van der Waals surface area (Å²) >= 11 is 6.05. The first-order valence-electron chi connectivity index (χ1n) is 5.84. The van der Waals surface area contributed by atoms with E-state index >= 15 is 0 Å². The fourth-order valence-corrected chi connectivity index (χ4v) is 2.27. The van der Waals surface area contributed by atoms with Gasteiger partial charge >= 0.3 is 0 Å². The summed E-state index contributed by atoms with van der Waals surface area (Å²) in [4.78, 5) is 4.54. The third-order valence-electron chi connectivity index (χ3n) is 2.89. The fraction of sp³-hybridized carbons (Fsp3) is 0.250. The Kier molecular flexibility index (Phi) is 2.67. The van der Waals surface area contributed by atoms with Crippen molar-refractivity contribution in [2.75, 3.05) is 5.73 Å². The first-order chi connectivity index (χ1) is 9.08. The Morgan fingerprint density at radius 1 is 1.32 bits per heavy atom. The van der Waals surface area contributed by atoms with Crippen LogP contribution in [-0.4, -0.2) is 19.9 Å². The zero-order valence-electron chi connectivity index (χ0n) is 10.5. The smallest absolute Gasteiger partial charge is 0.199 e. The van der Waals surface area contributed by atoms with Crippen molar-refractivity contribution in [1.29, 1.82) is 0 Å². The number of imidazole rings is 1. The normalized spacial score (nSPS) is 11.6. The lowest BCUT2D eigenvalue weighted by Gasteiger charge is -2.11. The minimum Gasteiger partial charge on any atom is -0.379 e. The van der Waals surface area contributed by atoms with Crippen LogP contribution in [0.1, 0.15) is 19.9 Å². The van der Waals surface area contributed by atoms with Crippen molar-refractivity contribution >= 4 is 28.5 Å². The molecular weight excluding hydrogens is 266 g/mol. The van der Waals surface area contributed by atoms with Gasteiger partial charge in [0.1, 0.15) is 0 Å². The standard InChI is InChI=1S/C12H12ClN5O/c1-6(2)18-9-5-7(13)3-4-8(9)15-12(18)10-11(14)17-19-16-10/h3-6H,1-2H3,(H2,14,17). The number of halogens is 1. The minimum atomic E-state index is 0.176. The predicted octanol–water partition coefficient (Wildman–Crippen LogP) is 2.90. The number of aromatic nitrogens is 4. The summed E-state index contributed by atoms with van der Waals surface area (Å²) in [7, 11) is 0. The molecule has 3 aromatic rings. The molecule has 0 spiro atoms. The minimum absolute atomic E-state index is 0.176. The summed E-state index contributed by atoms with van der Waals surface area (Å²) in [5.74, 6) is 0.856. The van der Waals surface area contributed by atoms with Crippen LogP contribution in [0.3, 0.4) is 0 Å². The lowest BCUT2D eigenvalue weighted by atomic mass is 10.3. The Balaban J connectivity index is 2.36. The van der Waals surface area contributed by atoms with Crippen LogP contribution in [-0.2, 0) is 0 Å². The summed E-state index contributed by atoms with van der Waals surface area (Å²) in [6, 6.07) is 5.71. The van der Waals surface area contributed by atoms with E-state index in [2.05, 4.69) is 33.8 Å². The molecule has 2 aromatic heterocycles. The molecule has 0 aliphatic heterocycles. The second-order valence-corrected chi connectivity index (χ2v) is 4.97. The Hall–Kier alpha value is -2.08. The average molecular weight is 278 g/mol. The van der Waals surface area contributed by atoms with Crippen LogP contribution < -0.4 is 5.73 Å². The Bertz CT molecular complexity index is 746. The van der Waals surface area contributed by atoms with Gasteiger partial charge in [-0.2, -0.15) is 0 Å². The number of rotatable bonds is 2. The summed E-state index contributed by atoms with van der Waals surface area (Å²) in [6.07, 6.45) is 0. The van der Waals surface area contributed by atoms with Crippen LogP contribution in [0, 0.1) is 0 Å². The van der Waals surface area contributed by atoms with E-state index in [0.717, 1.165) is 11.0 Å². The van der Waals surface area contributed by atoms with E-state index in [4.69, 9.17) is 17.3 Å². The van der Waals surface area contributed by atoms with E-state index in [1.165, 1.54) is 0 Å². The fourth-order valence-electron chi connectivity index (χ4n) is 2.11. The highest BCUT2D eigenvalue weighted by Crippen LogP contribution is 2.30. The maximum Gasteiger partial charge on any atom is 0.199 e. The van der Waals surface area contributed by atoms with E-state index in [9.17, 15) is 0 Å². The maximum absolute atomic E-state index is 6.05. The molecule has 0 radical (unpaired) electrons. The molecule has 0 aliphatic carbocycles. The molecule has 0 unspecified atom stereocenters. The van der Waals surface area contributed by atoms with Crippen molar-refractivity contribution < 1.29 is 4.63 Å². The topological polar surface area (TPSA) is 82.8 Å². The number of fused-ring (bicyclic) bond motifs is 1. The second-order valence-electron chi connectivity index (χ2n) is 4.53. The predicted molar refractivity (Wildman–Crippen MR) is 72.8 cm³/mol. The van der Waals surface area contributed by atoms with Gasteiger partial charge < -0.3 is 10.3 Å². The molecule has 0 aliphatic rings. The Morgan fingerprint density at radius 2 is 2.11 bits per heavy atom. The van der Waals surface area contributed by atoms with Crippen molar-refractivity contribution in [1.82, 2.24) is 19.9 Å². The molecule has 2 heterocycles. The molecule has 0 saturated carbocycles. The van der Waals surface area contributed by atoms with Crippen LogP contribution in [0.2, 0.25) is 5.02 Å². The number of hydrogen-bond acceptors (Lipinski definition) is 5. The molecule has 6 nitrogen and oxygen atoms in total. The molecule has 2 N–H and O–H groups in total. The number of anilines is 1. The van der Waals surface area contributed by atoms with Crippen LogP contribution in [0.5, 0.6) is 0 Å². The van der Waals surface area contributed by atoms with Crippen molar-refractivity contribution in [2.45, 2.75) is 19.9 Å². The number of nitrogens with two attached hydrogens (primary N) is 1.